The lowest BCUT2D eigenvalue weighted by molar-refractivity contribution is 0.164. The molecule has 4 N–H and O–H groups in total. The van der Waals surface area contributed by atoms with Crippen LogP contribution in [-0.4, -0.2) is 53.1 Å². The van der Waals surface area contributed by atoms with Crippen LogP contribution in [-0.2, 0) is 25.4 Å². The van der Waals surface area contributed by atoms with E-state index in [-0.39, 0.29) is 30.1 Å². The normalized spacial score (nSPS) is 12.7. The summed E-state index contributed by atoms with van der Waals surface area (Å²) in [5, 5.41) is 15.8. The number of hydrogen-bond acceptors (Lipinski definition) is 10. The van der Waals surface area contributed by atoms with Gasteiger partial charge < -0.3 is 20.5 Å². The fourth-order valence-corrected chi connectivity index (χ4v) is 5.46. The molecule has 42 heavy (non-hydrogen) atoms. The number of aliphatic hydroxyl groups excluding tert-OH is 1. The van der Waals surface area contributed by atoms with Crippen LogP contribution < -0.4 is 15.4 Å². The molecule has 4 rings (SSSR count). The molecule has 1 heterocycles. The zero-order valence-electron chi connectivity index (χ0n) is 22.8. The van der Waals surface area contributed by atoms with Crippen LogP contribution in [0.15, 0.2) is 99.2 Å². The van der Waals surface area contributed by atoms with E-state index >= 15 is 0 Å². The Morgan fingerprint density at radius 3 is 2.33 bits per heavy atom. The van der Waals surface area contributed by atoms with E-state index in [0.717, 1.165) is 5.56 Å². The molecule has 0 aliphatic carbocycles. The van der Waals surface area contributed by atoms with Crippen molar-refractivity contribution in [3.05, 3.63) is 85.1 Å². The van der Waals surface area contributed by atoms with Gasteiger partial charge in [-0.15, -0.1) is 4.36 Å². The molecule has 4 aromatic rings. The van der Waals surface area contributed by atoms with Crippen molar-refractivity contribution in [1.29, 1.82) is 0 Å². The highest BCUT2D eigenvalue weighted by molar-refractivity contribution is 7.92. The Balaban J connectivity index is 1.54. The zero-order valence-corrected chi connectivity index (χ0v) is 24.5. The van der Waals surface area contributed by atoms with Crippen LogP contribution in [0.5, 0.6) is 0 Å². The number of hydrogen-bond donors (Lipinski definition) is 5. The molecule has 0 saturated heterocycles. The van der Waals surface area contributed by atoms with Crippen LogP contribution in [0.4, 0.5) is 27.9 Å². The SMILES string of the molecule is CCOC(=O)N=[SH](=O)c1ccc(Nc2ncc(-c3ccc(NS(=O)(=O)c4ccccc4)cc3)c(NC(C)CO)n2)cc1. The van der Waals surface area contributed by atoms with Gasteiger partial charge in [-0.1, -0.05) is 30.3 Å². The van der Waals surface area contributed by atoms with E-state index < -0.39 is 26.7 Å². The number of anilines is 4. The van der Waals surface area contributed by atoms with Gasteiger partial charge in [0.05, 0.1) is 28.7 Å². The second-order valence-electron chi connectivity index (χ2n) is 8.92. The number of ether oxygens (including phenoxy) is 1. The first-order valence-corrected chi connectivity index (χ1v) is 15.5. The minimum absolute atomic E-state index is 0.136. The van der Waals surface area contributed by atoms with Crippen LogP contribution in [0.3, 0.4) is 0 Å². The highest BCUT2D eigenvalue weighted by Gasteiger charge is 2.15. The topological polar surface area (TPSA) is 172 Å². The van der Waals surface area contributed by atoms with Crippen LogP contribution >= 0.6 is 0 Å². The second-order valence-corrected chi connectivity index (χ2v) is 11.9. The molecule has 2 atom stereocenters. The lowest BCUT2D eigenvalue weighted by Gasteiger charge is -2.17. The smallest absolute Gasteiger partial charge is 0.441 e. The lowest BCUT2D eigenvalue weighted by atomic mass is 10.1. The number of benzene rings is 3. The summed E-state index contributed by atoms with van der Waals surface area (Å²) in [6.07, 6.45) is 0.726. The first-order valence-electron chi connectivity index (χ1n) is 12.8. The number of nitrogens with zero attached hydrogens (tertiary/aromatic N) is 3. The Kier molecular flexibility index (Phi) is 10.1. The number of carbonyl (C=O) groups is 1. The van der Waals surface area contributed by atoms with Crippen molar-refractivity contribution < 1.29 is 27.3 Å². The van der Waals surface area contributed by atoms with Crippen LogP contribution in [0, 0.1) is 0 Å². The highest BCUT2D eigenvalue weighted by Crippen LogP contribution is 2.29. The molecule has 0 aliphatic rings. The van der Waals surface area contributed by atoms with Gasteiger partial charge in [-0.2, -0.15) is 4.98 Å². The van der Waals surface area contributed by atoms with Gasteiger partial charge in [0.1, 0.15) is 5.82 Å². The zero-order chi connectivity index (χ0) is 30.1. The van der Waals surface area contributed by atoms with E-state index in [0.29, 0.717) is 27.7 Å². The maximum absolute atomic E-state index is 12.7. The number of carbonyl (C=O) groups excluding carboxylic acids is 1. The monoisotopic (exact) mass is 610 g/mol. The molecule has 0 bridgehead atoms. The second kappa shape index (κ2) is 13.9. The van der Waals surface area contributed by atoms with Crippen molar-refractivity contribution >= 4 is 49.9 Å². The van der Waals surface area contributed by atoms with Crippen LogP contribution in [0.1, 0.15) is 13.8 Å². The Morgan fingerprint density at radius 1 is 1.02 bits per heavy atom. The highest BCUT2D eigenvalue weighted by atomic mass is 32.2. The van der Waals surface area contributed by atoms with Crippen molar-refractivity contribution in [2.24, 2.45) is 4.36 Å². The number of amides is 1. The quantitative estimate of drug-likeness (QED) is 0.150. The molecule has 1 aromatic heterocycles. The van der Waals surface area contributed by atoms with Crippen molar-refractivity contribution in [3.63, 3.8) is 0 Å². The summed E-state index contributed by atoms with van der Waals surface area (Å²) < 4.78 is 48.4. The fourth-order valence-electron chi connectivity index (χ4n) is 3.66. The molecule has 0 fully saturated rings. The van der Waals surface area contributed by atoms with E-state index in [1.807, 2.05) is 0 Å². The summed E-state index contributed by atoms with van der Waals surface area (Å²) in [6, 6.07) is 21.0. The number of sulfonamides is 1. The average molecular weight is 611 g/mol. The van der Waals surface area contributed by atoms with E-state index in [9.17, 15) is 22.5 Å². The van der Waals surface area contributed by atoms with Gasteiger partial charge in [0.25, 0.3) is 10.0 Å². The molecule has 220 valence electrons. The average Bonchev–Trinajstić information content (AvgIpc) is 2.98. The van der Waals surface area contributed by atoms with E-state index in [4.69, 9.17) is 4.74 Å². The van der Waals surface area contributed by atoms with Gasteiger partial charge in [0.2, 0.25) is 5.95 Å². The molecule has 0 spiro atoms. The van der Waals surface area contributed by atoms with Crippen LogP contribution in [0.2, 0.25) is 0 Å². The third-order valence-corrected chi connectivity index (χ3v) is 8.21. The molecule has 3 aromatic carbocycles. The lowest BCUT2D eigenvalue weighted by Crippen LogP contribution is -2.21. The third-order valence-electron chi connectivity index (χ3n) is 5.73. The number of aromatic nitrogens is 2. The van der Waals surface area contributed by atoms with Crippen molar-refractivity contribution in [3.8, 4) is 11.1 Å². The summed E-state index contributed by atoms with van der Waals surface area (Å²) in [5.74, 6) is 0.701. The summed E-state index contributed by atoms with van der Waals surface area (Å²) in [6.45, 7) is 3.43. The molecule has 1 amide bonds. The van der Waals surface area contributed by atoms with Gasteiger partial charge in [-0.25, -0.2) is 22.4 Å². The van der Waals surface area contributed by atoms with E-state index in [1.54, 1.807) is 86.8 Å². The molecule has 12 nitrogen and oxygen atoms in total. The standard InChI is InChI=1S/C28H30N6O6S2/c1-3-40-28(36)33-41(37)23-15-13-21(14-16-23)31-27-29-17-25(26(32-27)30-19(2)18-35)20-9-11-22(12-10-20)34-42(38,39)24-7-5-4-6-8-24/h4-17,19,34-35,41H,3,18H2,1-2H3,(H2,29,30,31,32). The maximum Gasteiger partial charge on any atom is 0.441 e. The van der Waals surface area contributed by atoms with Crippen molar-refractivity contribution in [2.75, 3.05) is 28.6 Å². The summed E-state index contributed by atoms with van der Waals surface area (Å²) in [5.41, 5.74) is 2.34. The maximum atomic E-state index is 12.7. The minimum atomic E-state index is -3.73. The number of thiol groups is 1. The Labute approximate surface area is 245 Å². The molecule has 14 heteroatoms. The summed E-state index contributed by atoms with van der Waals surface area (Å²) in [4.78, 5) is 21.0. The number of rotatable bonds is 11. The van der Waals surface area contributed by atoms with Crippen molar-refractivity contribution in [1.82, 2.24) is 9.97 Å². The predicted octanol–water partition coefficient (Wildman–Crippen LogP) is 4.66. The van der Waals surface area contributed by atoms with Crippen molar-refractivity contribution in [2.45, 2.75) is 29.7 Å². The molecule has 0 saturated carbocycles. The van der Waals surface area contributed by atoms with Gasteiger partial charge in [-0.3, -0.25) is 4.72 Å². The van der Waals surface area contributed by atoms with E-state index in [1.165, 1.54) is 12.1 Å². The molecular weight excluding hydrogens is 580 g/mol. The Bertz CT molecular complexity index is 1710. The van der Waals surface area contributed by atoms with Gasteiger partial charge in [0, 0.05) is 34.1 Å². The number of nitrogens with one attached hydrogen (secondary N) is 3. The molecule has 0 aliphatic heterocycles. The van der Waals surface area contributed by atoms with Gasteiger partial charge >= 0.3 is 6.09 Å². The summed E-state index contributed by atoms with van der Waals surface area (Å²) >= 11 is 0. The molecule has 2 unspecified atom stereocenters. The van der Waals surface area contributed by atoms with Gasteiger partial charge in [0.15, 0.2) is 0 Å². The molecular formula is C28H30N6O6S2. The Morgan fingerprint density at radius 2 is 1.69 bits per heavy atom. The number of aliphatic hydroxyl groups is 1. The minimum Gasteiger partial charge on any atom is -0.448 e. The first-order chi connectivity index (χ1) is 20.2. The fraction of sp³-hybridized carbons (Fsp3) is 0.179. The third kappa shape index (κ3) is 8.02. The first kappa shape index (κ1) is 30.4. The molecule has 0 radical (unpaired) electrons. The Hall–Kier alpha value is -4.53. The summed E-state index contributed by atoms with van der Waals surface area (Å²) in [7, 11) is -6.03. The van der Waals surface area contributed by atoms with Crippen LogP contribution in [0.25, 0.3) is 11.1 Å². The van der Waals surface area contributed by atoms with E-state index in [2.05, 4.69) is 29.7 Å². The van der Waals surface area contributed by atoms with Gasteiger partial charge in [-0.05, 0) is 67.9 Å². The predicted molar refractivity (Wildman–Crippen MR) is 162 cm³/mol. The largest absolute Gasteiger partial charge is 0.448 e.